The Bertz CT molecular complexity index is 1090. The number of nitrogens with zero attached hydrogens (tertiary/aromatic N) is 2. The molecule has 2 aromatic heterocycles. The fourth-order valence-electron chi connectivity index (χ4n) is 3.73. The Morgan fingerprint density at radius 1 is 0.759 bits per heavy atom. The van der Waals surface area contributed by atoms with Crippen molar-refractivity contribution < 1.29 is 4.42 Å². The first kappa shape index (κ1) is 19.1. The number of rotatable bonds is 4. The van der Waals surface area contributed by atoms with Gasteiger partial charge in [0, 0.05) is 42.6 Å². The lowest BCUT2D eigenvalue weighted by atomic mass is 9.98. The van der Waals surface area contributed by atoms with E-state index in [4.69, 9.17) is 4.42 Å². The standard InChI is InChI=1S/C26H28N2O/c1-26(2,3)28-17-15-22(20-11-13-21(14-12-20)27(4)5)24(28)25-23(16-18-29-25)19-9-7-6-8-10-19/h6-18H,1-5H3. The monoisotopic (exact) mass is 384 g/mol. The molecule has 2 aromatic carbocycles. The first-order valence-electron chi connectivity index (χ1n) is 9.99. The highest BCUT2D eigenvalue weighted by molar-refractivity contribution is 5.88. The molecule has 0 saturated heterocycles. The number of hydrogen-bond acceptors (Lipinski definition) is 2. The van der Waals surface area contributed by atoms with Gasteiger partial charge in [-0.25, -0.2) is 0 Å². The maximum Gasteiger partial charge on any atom is 0.158 e. The van der Waals surface area contributed by atoms with Crippen molar-refractivity contribution in [3.8, 4) is 33.7 Å². The van der Waals surface area contributed by atoms with Gasteiger partial charge in [-0.1, -0.05) is 42.5 Å². The summed E-state index contributed by atoms with van der Waals surface area (Å²) in [6.45, 7) is 6.67. The highest BCUT2D eigenvalue weighted by atomic mass is 16.3. The highest BCUT2D eigenvalue weighted by Gasteiger charge is 2.25. The largest absolute Gasteiger partial charge is 0.462 e. The SMILES string of the molecule is CN(C)c1ccc(-c2ccn(C(C)(C)C)c2-c2occc2-c2ccccc2)cc1. The summed E-state index contributed by atoms with van der Waals surface area (Å²) < 4.78 is 8.41. The molecule has 0 atom stereocenters. The summed E-state index contributed by atoms with van der Waals surface area (Å²) in [5.74, 6) is 0.905. The molecule has 0 unspecified atom stereocenters. The molecule has 0 spiro atoms. The predicted octanol–water partition coefficient (Wildman–Crippen LogP) is 6.90. The van der Waals surface area contributed by atoms with Crippen molar-refractivity contribution in [1.29, 1.82) is 0 Å². The topological polar surface area (TPSA) is 21.3 Å². The molecule has 0 radical (unpaired) electrons. The fraction of sp³-hybridized carbons (Fsp3) is 0.231. The molecule has 2 heterocycles. The van der Waals surface area contributed by atoms with Crippen LogP contribution in [0.5, 0.6) is 0 Å². The molecule has 0 fully saturated rings. The van der Waals surface area contributed by atoms with Gasteiger partial charge in [0.15, 0.2) is 5.76 Å². The second-order valence-electron chi connectivity index (χ2n) is 8.59. The van der Waals surface area contributed by atoms with Crippen LogP contribution in [0, 0.1) is 0 Å². The van der Waals surface area contributed by atoms with Crippen LogP contribution in [0.2, 0.25) is 0 Å². The van der Waals surface area contributed by atoms with Crippen LogP contribution >= 0.6 is 0 Å². The van der Waals surface area contributed by atoms with Crippen molar-refractivity contribution in [2.75, 3.05) is 19.0 Å². The molecule has 0 aliphatic rings. The van der Waals surface area contributed by atoms with Crippen LogP contribution in [-0.4, -0.2) is 18.7 Å². The molecule has 29 heavy (non-hydrogen) atoms. The third-order valence-corrected chi connectivity index (χ3v) is 5.27. The summed E-state index contributed by atoms with van der Waals surface area (Å²) in [6, 6.07) is 23.4. The number of hydrogen-bond donors (Lipinski definition) is 0. The maximum atomic E-state index is 6.09. The zero-order valence-electron chi connectivity index (χ0n) is 17.8. The Hall–Kier alpha value is -3.20. The van der Waals surface area contributed by atoms with Crippen molar-refractivity contribution in [3.05, 3.63) is 79.2 Å². The van der Waals surface area contributed by atoms with Gasteiger partial charge in [-0.15, -0.1) is 0 Å². The zero-order valence-corrected chi connectivity index (χ0v) is 17.8. The smallest absolute Gasteiger partial charge is 0.158 e. The van der Waals surface area contributed by atoms with Gasteiger partial charge in [0.05, 0.1) is 12.0 Å². The normalized spacial score (nSPS) is 11.6. The van der Waals surface area contributed by atoms with Crippen molar-refractivity contribution >= 4 is 5.69 Å². The van der Waals surface area contributed by atoms with E-state index in [0.29, 0.717) is 0 Å². The van der Waals surface area contributed by atoms with Crippen LogP contribution in [0.1, 0.15) is 20.8 Å². The molecule has 3 heteroatoms. The number of aromatic nitrogens is 1. The third kappa shape index (κ3) is 3.61. The first-order chi connectivity index (χ1) is 13.9. The van der Waals surface area contributed by atoms with Gasteiger partial charge in [-0.05, 0) is 56.2 Å². The van der Waals surface area contributed by atoms with Gasteiger partial charge >= 0.3 is 0 Å². The summed E-state index contributed by atoms with van der Waals surface area (Å²) in [6.07, 6.45) is 3.96. The fourth-order valence-corrected chi connectivity index (χ4v) is 3.73. The molecule has 4 aromatic rings. The molecule has 0 bridgehead atoms. The molecular formula is C26H28N2O. The quantitative estimate of drug-likeness (QED) is 0.381. The van der Waals surface area contributed by atoms with E-state index in [-0.39, 0.29) is 5.54 Å². The summed E-state index contributed by atoms with van der Waals surface area (Å²) in [7, 11) is 4.12. The highest BCUT2D eigenvalue weighted by Crippen LogP contribution is 2.42. The number of furan rings is 1. The summed E-state index contributed by atoms with van der Waals surface area (Å²) in [4.78, 5) is 2.12. The zero-order chi connectivity index (χ0) is 20.6. The van der Waals surface area contributed by atoms with E-state index in [1.165, 1.54) is 16.8 Å². The van der Waals surface area contributed by atoms with Crippen molar-refractivity contribution in [1.82, 2.24) is 4.57 Å². The van der Waals surface area contributed by atoms with E-state index in [2.05, 4.69) is 111 Å². The van der Waals surface area contributed by atoms with E-state index < -0.39 is 0 Å². The van der Waals surface area contributed by atoms with Gasteiger partial charge in [0.1, 0.15) is 0 Å². The second-order valence-corrected chi connectivity index (χ2v) is 8.59. The summed E-state index contributed by atoms with van der Waals surface area (Å²) in [5.41, 5.74) is 6.86. The van der Waals surface area contributed by atoms with Gasteiger partial charge in [-0.2, -0.15) is 0 Å². The van der Waals surface area contributed by atoms with E-state index in [1.54, 1.807) is 6.26 Å². The average Bonchev–Trinajstić information content (AvgIpc) is 3.35. The Morgan fingerprint density at radius 3 is 2.03 bits per heavy atom. The predicted molar refractivity (Wildman–Crippen MR) is 122 cm³/mol. The van der Waals surface area contributed by atoms with Crippen molar-refractivity contribution in [3.63, 3.8) is 0 Å². The first-order valence-corrected chi connectivity index (χ1v) is 9.99. The molecule has 0 aliphatic heterocycles. The van der Waals surface area contributed by atoms with Gasteiger partial charge < -0.3 is 13.9 Å². The van der Waals surface area contributed by atoms with E-state index in [1.807, 2.05) is 6.07 Å². The van der Waals surface area contributed by atoms with E-state index in [0.717, 1.165) is 22.6 Å². The second kappa shape index (κ2) is 7.32. The van der Waals surface area contributed by atoms with Gasteiger partial charge in [0.2, 0.25) is 0 Å². The van der Waals surface area contributed by atoms with Crippen LogP contribution in [-0.2, 0) is 5.54 Å². The molecule has 0 aliphatic carbocycles. The molecule has 4 rings (SSSR count). The summed E-state index contributed by atoms with van der Waals surface area (Å²) in [5, 5.41) is 0. The average molecular weight is 385 g/mol. The lowest BCUT2D eigenvalue weighted by Gasteiger charge is -2.25. The molecule has 148 valence electrons. The number of anilines is 1. The van der Waals surface area contributed by atoms with Gasteiger partial charge in [-0.3, -0.25) is 0 Å². The third-order valence-electron chi connectivity index (χ3n) is 5.27. The minimum Gasteiger partial charge on any atom is -0.462 e. The van der Waals surface area contributed by atoms with Crippen molar-refractivity contribution in [2.45, 2.75) is 26.3 Å². The minimum atomic E-state index is -0.0715. The molecule has 0 amide bonds. The van der Waals surface area contributed by atoms with Crippen LogP contribution < -0.4 is 4.90 Å². The van der Waals surface area contributed by atoms with Crippen LogP contribution in [0.25, 0.3) is 33.7 Å². The molecule has 0 saturated carbocycles. The Labute approximate surface area is 173 Å². The lowest BCUT2D eigenvalue weighted by Crippen LogP contribution is -2.21. The Kier molecular flexibility index (Phi) is 4.83. The van der Waals surface area contributed by atoms with Crippen molar-refractivity contribution in [2.24, 2.45) is 0 Å². The molecule has 0 N–H and O–H groups in total. The van der Waals surface area contributed by atoms with Crippen LogP contribution in [0.4, 0.5) is 5.69 Å². The maximum absolute atomic E-state index is 6.09. The van der Waals surface area contributed by atoms with Crippen LogP contribution in [0.3, 0.4) is 0 Å². The summed E-state index contributed by atoms with van der Waals surface area (Å²) >= 11 is 0. The molecule has 3 nitrogen and oxygen atoms in total. The Balaban J connectivity index is 1.92. The number of benzene rings is 2. The van der Waals surface area contributed by atoms with Gasteiger partial charge in [0.25, 0.3) is 0 Å². The minimum absolute atomic E-state index is 0.0715. The van der Waals surface area contributed by atoms with E-state index in [9.17, 15) is 0 Å². The molecular weight excluding hydrogens is 356 g/mol. The Morgan fingerprint density at radius 2 is 1.41 bits per heavy atom. The van der Waals surface area contributed by atoms with Crippen LogP contribution in [0.15, 0.2) is 83.6 Å². The van der Waals surface area contributed by atoms with E-state index >= 15 is 0 Å². The lowest BCUT2D eigenvalue weighted by molar-refractivity contribution is 0.399.